The molecule has 0 fully saturated rings. The minimum absolute atomic E-state index is 0.108. The third kappa shape index (κ3) is 5.36. The molecule has 6 nitrogen and oxygen atoms in total. The van der Waals surface area contributed by atoms with E-state index >= 15 is 0 Å². The van der Waals surface area contributed by atoms with Gasteiger partial charge in [0.05, 0.1) is 12.9 Å². The number of ether oxygens (including phenoxy) is 1. The van der Waals surface area contributed by atoms with Crippen molar-refractivity contribution in [1.82, 2.24) is 14.8 Å². The van der Waals surface area contributed by atoms with E-state index in [4.69, 9.17) is 4.74 Å². The van der Waals surface area contributed by atoms with Crippen molar-refractivity contribution in [2.24, 2.45) is 0 Å². The van der Waals surface area contributed by atoms with Crippen LogP contribution in [0.25, 0.3) is 5.69 Å². The standard InChI is InChI=1S/C25H24N4O2S/c1-18-7-6-10-21(15-18)29-23(16-19-8-4-3-5-9-19)27-28-25(29)32-17-24(30)26-20-11-13-22(31-2)14-12-20/h3-15H,16-17H2,1-2H3,(H,26,30). The minimum atomic E-state index is -0.108. The number of benzene rings is 3. The van der Waals surface area contributed by atoms with Gasteiger partial charge in [-0.3, -0.25) is 9.36 Å². The molecule has 0 saturated heterocycles. The van der Waals surface area contributed by atoms with Crippen molar-refractivity contribution in [2.45, 2.75) is 18.5 Å². The number of hydrogen-bond donors (Lipinski definition) is 1. The molecule has 0 bridgehead atoms. The SMILES string of the molecule is COc1ccc(NC(=O)CSc2nnc(Cc3ccccc3)n2-c2cccc(C)c2)cc1. The number of aryl methyl sites for hydroxylation is 1. The molecule has 0 radical (unpaired) electrons. The van der Waals surface area contributed by atoms with Gasteiger partial charge in [-0.05, 0) is 54.4 Å². The van der Waals surface area contributed by atoms with Crippen LogP contribution in [0.2, 0.25) is 0 Å². The Morgan fingerprint density at radius 2 is 1.78 bits per heavy atom. The summed E-state index contributed by atoms with van der Waals surface area (Å²) in [5.74, 6) is 1.69. The fraction of sp³-hybridized carbons (Fsp3) is 0.160. The Balaban J connectivity index is 1.53. The van der Waals surface area contributed by atoms with Gasteiger partial charge in [0.2, 0.25) is 5.91 Å². The quantitative estimate of drug-likeness (QED) is 0.391. The lowest BCUT2D eigenvalue weighted by Crippen LogP contribution is -2.14. The van der Waals surface area contributed by atoms with Gasteiger partial charge in [-0.1, -0.05) is 54.2 Å². The monoisotopic (exact) mass is 444 g/mol. The van der Waals surface area contributed by atoms with Crippen molar-refractivity contribution in [3.05, 3.63) is 95.8 Å². The molecule has 1 amide bonds. The van der Waals surface area contributed by atoms with Crippen LogP contribution >= 0.6 is 11.8 Å². The van der Waals surface area contributed by atoms with Crippen LogP contribution in [0.15, 0.2) is 84.0 Å². The number of methoxy groups -OCH3 is 1. The molecule has 0 unspecified atom stereocenters. The molecule has 0 aliphatic rings. The Labute approximate surface area is 191 Å². The van der Waals surface area contributed by atoms with Gasteiger partial charge in [0.15, 0.2) is 5.16 Å². The Bertz CT molecular complexity index is 1190. The normalized spacial score (nSPS) is 10.7. The van der Waals surface area contributed by atoms with Crippen LogP contribution in [-0.2, 0) is 11.2 Å². The Kier molecular flexibility index (Phi) is 6.87. The number of nitrogens with one attached hydrogen (secondary N) is 1. The van der Waals surface area contributed by atoms with Gasteiger partial charge in [-0.15, -0.1) is 10.2 Å². The highest BCUT2D eigenvalue weighted by Crippen LogP contribution is 2.24. The zero-order valence-corrected chi connectivity index (χ0v) is 18.8. The number of nitrogens with zero attached hydrogens (tertiary/aromatic N) is 3. The van der Waals surface area contributed by atoms with Crippen LogP contribution in [0.4, 0.5) is 5.69 Å². The summed E-state index contributed by atoms with van der Waals surface area (Å²) in [7, 11) is 1.61. The van der Waals surface area contributed by atoms with E-state index in [1.165, 1.54) is 11.8 Å². The predicted octanol–water partition coefficient (Wildman–Crippen LogP) is 4.91. The average molecular weight is 445 g/mol. The molecule has 0 aliphatic carbocycles. The molecule has 1 heterocycles. The van der Waals surface area contributed by atoms with E-state index in [9.17, 15) is 4.79 Å². The molecule has 1 N–H and O–H groups in total. The first-order valence-electron chi connectivity index (χ1n) is 10.2. The molecule has 7 heteroatoms. The Morgan fingerprint density at radius 3 is 2.50 bits per heavy atom. The van der Waals surface area contributed by atoms with Gasteiger partial charge >= 0.3 is 0 Å². The molecule has 0 spiro atoms. The Morgan fingerprint density at radius 1 is 1.00 bits per heavy atom. The average Bonchev–Trinajstić information content (AvgIpc) is 3.21. The summed E-state index contributed by atoms with van der Waals surface area (Å²) in [6, 6.07) is 25.6. The zero-order valence-electron chi connectivity index (χ0n) is 18.0. The summed E-state index contributed by atoms with van der Waals surface area (Å²) < 4.78 is 7.19. The molecule has 1 aromatic heterocycles. The number of hydrogen-bond acceptors (Lipinski definition) is 5. The molecule has 4 aromatic rings. The molecule has 4 rings (SSSR count). The summed E-state index contributed by atoms with van der Waals surface area (Å²) in [5.41, 5.74) is 4.01. The summed E-state index contributed by atoms with van der Waals surface area (Å²) in [6.45, 7) is 2.06. The number of thioether (sulfide) groups is 1. The number of carbonyl (C=O) groups is 1. The molecule has 162 valence electrons. The molecule has 0 saturated carbocycles. The van der Waals surface area contributed by atoms with Crippen molar-refractivity contribution in [2.75, 3.05) is 18.2 Å². The largest absolute Gasteiger partial charge is 0.497 e. The van der Waals surface area contributed by atoms with Crippen molar-refractivity contribution in [3.8, 4) is 11.4 Å². The van der Waals surface area contributed by atoms with Crippen LogP contribution in [0.3, 0.4) is 0 Å². The van der Waals surface area contributed by atoms with E-state index in [1.807, 2.05) is 59.2 Å². The Hall–Kier alpha value is -3.58. The maximum Gasteiger partial charge on any atom is 0.234 e. The highest BCUT2D eigenvalue weighted by Gasteiger charge is 2.16. The van der Waals surface area contributed by atoms with Gasteiger partial charge in [0, 0.05) is 17.8 Å². The van der Waals surface area contributed by atoms with Crippen molar-refractivity contribution < 1.29 is 9.53 Å². The van der Waals surface area contributed by atoms with Crippen LogP contribution in [-0.4, -0.2) is 33.5 Å². The summed E-state index contributed by atoms with van der Waals surface area (Å²) in [4.78, 5) is 12.5. The number of carbonyl (C=O) groups excluding carboxylic acids is 1. The fourth-order valence-corrected chi connectivity index (χ4v) is 4.09. The third-order valence-corrected chi connectivity index (χ3v) is 5.80. The van der Waals surface area contributed by atoms with Gasteiger partial charge < -0.3 is 10.1 Å². The topological polar surface area (TPSA) is 69.0 Å². The van der Waals surface area contributed by atoms with Crippen LogP contribution in [0.1, 0.15) is 17.0 Å². The number of rotatable bonds is 8. The third-order valence-electron chi connectivity index (χ3n) is 4.87. The maximum atomic E-state index is 12.5. The molecule has 32 heavy (non-hydrogen) atoms. The van der Waals surface area contributed by atoms with E-state index in [2.05, 4.69) is 46.7 Å². The first kappa shape index (κ1) is 21.6. The van der Waals surface area contributed by atoms with Crippen LogP contribution < -0.4 is 10.1 Å². The van der Waals surface area contributed by atoms with Gasteiger partial charge in [-0.2, -0.15) is 0 Å². The summed E-state index contributed by atoms with van der Waals surface area (Å²) >= 11 is 1.37. The van der Waals surface area contributed by atoms with E-state index in [0.29, 0.717) is 11.6 Å². The molecule has 0 aliphatic heterocycles. The summed E-state index contributed by atoms with van der Waals surface area (Å²) in [5, 5.41) is 12.4. The highest BCUT2D eigenvalue weighted by molar-refractivity contribution is 7.99. The van der Waals surface area contributed by atoms with E-state index in [1.54, 1.807) is 7.11 Å². The van der Waals surface area contributed by atoms with Crippen molar-refractivity contribution in [1.29, 1.82) is 0 Å². The number of aromatic nitrogens is 3. The highest BCUT2D eigenvalue weighted by atomic mass is 32.2. The van der Waals surface area contributed by atoms with Gasteiger partial charge in [-0.25, -0.2) is 0 Å². The predicted molar refractivity (Wildman–Crippen MR) is 128 cm³/mol. The second-order valence-electron chi connectivity index (χ2n) is 7.30. The minimum Gasteiger partial charge on any atom is -0.497 e. The van der Waals surface area contributed by atoms with Crippen molar-refractivity contribution >= 4 is 23.4 Å². The maximum absolute atomic E-state index is 12.5. The first-order chi connectivity index (χ1) is 15.6. The van der Waals surface area contributed by atoms with Gasteiger partial charge in [0.25, 0.3) is 0 Å². The van der Waals surface area contributed by atoms with Crippen molar-refractivity contribution in [3.63, 3.8) is 0 Å². The fourth-order valence-electron chi connectivity index (χ4n) is 3.31. The van der Waals surface area contributed by atoms with Gasteiger partial charge in [0.1, 0.15) is 11.6 Å². The zero-order chi connectivity index (χ0) is 22.3. The number of anilines is 1. The lowest BCUT2D eigenvalue weighted by molar-refractivity contribution is -0.113. The molecule has 0 atom stereocenters. The lowest BCUT2D eigenvalue weighted by Gasteiger charge is -2.11. The van der Waals surface area contributed by atoms with Crippen LogP contribution in [0, 0.1) is 6.92 Å². The van der Waals surface area contributed by atoms with Crippen LogP contribution in [0.5, 0.6) is 5.75 Å². The van der Waals surface area contributed by atoms with E-state index in [0.717, 1.165) is 34.1 Å². The van der Waals surface area contributed by atoms with E-state index in [-0.39, 0.29) is 11.7 Å². The van der Waals surface area contributed by atoms with E-state index < -0.39 is 0 Å². The molecule has 3 aromatic carbocycles. The molecular formula is C25H24N4O2S. The lowest BCUT2D eigenvalue weighted by atomic mass is 10.1. The second kappa shape index (κ2) is 10.2. The smallest absolute Gasteiger partial charge is 0.234 e. The second-order valence-corrected chi connectivity index (χ2v) is 8.24. The summed E-state index contributed by atoms with van der Waals surface area (Å²) in [6.07, 6.45) is 0.653. The molecular weight excluding hydrogens is 420 g/mol. The number of amides is 1. The first-order valence-corrected chi connectivity index (χ1v) is 11.2.